The summed E-state index contributed by atoms with van der Waals surface area (Å²) in [6.07, 6.45) is 1.71. The zero-order valence-corrected chi connectivity index (χ0v) is 19.5. The van der Waals surface area contributed by atoms with Gasteiger partial charge in [-0.1, -0.05) is 25.5 Å². The van der Waals surface area contributed by atoms with E-state index in [2.05, 4.69) is 14.9 Å². The van der Waals surface area contributed by atoms with Crippen LogP contribution < -0.4 is 15.2 Å². The summed E-state index contributed by atoms with van der Waals surface area (Å²) in [5, 5.41) is 5.23. The first-order valence-electron chi connectivity index (χ1n) is 10.3. The van der Waals surface area contributed by atoms with Gasteiger partial charge in [0.25, 0.3) is 5.82 Å². The van der Waals surface area contributed by atoms with Gasteiger partial charge >= 0.3 is 0 Å². The number of nitrogen functional groups attached to an aromatic ring is 1. The molecule has 0 aliphatic carbocycles. The minimum Gasteiger partial charge on any atom is -0.488 e. The Labute approximate surface area is 199 Å². The van der Waals surface area contributed by atoms with Crippen molar-refractivity contribution in [3.05, 3.63) is 81.2 Å². The maximum absolute atomic E-state index is 15.0. The first-order chi connectivity index (χ1) is 16.2. The van der Waals surface area contributed by atoms with E-state index < -0.39 is 11.6 Å². The molecule has 0 saturated heterocycles. The quantitative estimate of drug-likeness (QED) is 0.303. The van der Waals surface area contributed by atoms with Crippen LogP contribution >= 0.6 is 11.3 Å². The average Bonchev–Trinajstić information content (AvgIpc) is 3.34. The lowest BCUT2D eigenvalue weighted by Gasteiger charge is -2.10. The molecule has 10 heteroatoms. The number of hydrogen-bond acceptors (Lipinski definition) is 6. The molecule has 4 rings (SSSR count). The van der Waals surface area contributed by atoms with Crippen LogP contribution in [-0.4, -0.2) is 14.8 Å². The number of halogens is 2. The molecular weight excluding hydrogens is 460 g/mol. The second kappa shape index (κ2) is 9.49. The van der Waals surface area contributed by atoms with Crippen molar-refractivity contribution in [2.24, 2.45) is 0 Å². The zero-order valence-electron chi connectivity index (χ0n) is 18.7. The van der Waals surface area contributed by atoms with Crippen LogP contribution in [0, 0.1) is 25.1 Å². The van der Waals surface area contributed by atoms with Crippen LogP contribution in [-0.2, 0) is 6.61 Å². The average molecular weight is 482 g/mol. The molecule has 2 aromatic carbocycles. The van der Waals surface area contributed by atoms with Gasteiger partial charge in [-0.3, -0.25) is 0 Å². The van der Waals surface area contributed by atoms with E-state index >= 15 is 0 Å². The largest absolute Gasteiger partial charge is 0.488 e. The third-order valence-corrected chi connectivity index (χ3v) is 5.74. The number of nitrogens with zero attached hydrogens (tertiary/aromatic N) is 4. The minimum atomic E-state index is -0.673. The van der Waals surface area contributed by atoms with E-state index in [-0.39, 0.29) is 47.0 Å². The lowest BCUT2D eigenvalue weighted by molar-refractivity contribution is 0.306. The van der Waals surface area contributed by atoms with Crippen molar-refractivity contribution in [3.8, 4) is 22.9 Å². The third-order valence-electron chi connectivity index (χ3n) is 4.86. The Balaban J connectivity index is 1.56. The summed E-state index contributed by atoms with van der Waals surface area (Å²) < 4.78 is 41.6. The number of thiazole rings is 1. The zero-order chi connectivity index (χ0) is 24.4. The van der Waals surface area contributed by atoms with Crippen molar-refractivity contribution >= 4 is 22.8 Å². The molecule has 4 aromatic rings. The summed E-state index contributed by atoms with van der Waals surface area (Å²) in [5.74, 6) is -0.655. The van der Waals surface area contributed by atoms with Gasteiger partial charge in [0.15, 0.2) is 11.5 Å². The maximum Gasteiger partial charge on any atom is 0.280 e. The first-order valence-corrected chi connectivity index (χ1v) is 11.1. The van der Waals surface area contributed by atoms with Crippen molar-refractivity contribution in [1.29, 1.82) is 0 Å². The molecule has 0 bridgehead atoms. The van der Waals surface area contributed by atoms with Crippen molar-refractivity contribution in [2.45, 2.75) is 33.3 Å². The van der Waals surface area contributed by atoms with E-state index in [1.54, 1.807) is 6.20 Å². The Morgan fingerprint density at radius 3 is 2.56 bits per heavy atom. The molecule has 174 valence electrons. The van der Waals surface area contributed by atoms with Gasteiger partial charge in [-0.2, -0.15) is 4.68 Å². The highest BCUT2D eigenvalue weighted by Gasteiger charge is 2.23. The Hall–Kier alpha value is -3.97. The highest BCUT2D eigenvalue weighted by atomic mass is 32.1. The molecule has 0 amide bonds. The van der Waals surface area contributed by atoms with E-state index in [4.69, 9.17) is 21.8 Å². The van der Waals surface area contributed by atoms with Gasteiger partial charge in [-0.25, -0.2) is 13.8 Å². The smallest absolute Gasteiger partial charge is 0.280 e. The number of benzene rings is 2. The van der Waals surface area contributed by atoms with Crippen LogP contribution in [0.5, 0.6) is 17.2 Å². The molecule has 0 spiro atoms. The monoisotopic (exact) mass is 481 g/mol. The number of ether oxygens (including phenoxy) is 2. The molecule has 0 radical (unpaired) electrons. The fourth-order valence-electron chi connectivity index (χ4n) is 3.30. The Bertz CT molecular complexity index is 1390. The molecule has 0 fully saturated rings. The summed E-state index contributed by atoms with van der Waals surface area (Å²) in [6.45, 7) is 13.3. The van der Waals surface area contributed by atoms with E-state index in [0.29, 0.717) is 5.69 Å². The Morgan fingerprint density at radius 2 is 1.91 bits per heavy atom. The van der Waals surface area contributed by atoms with Gasteiger partial charge in [-0.05, 0) is 19.1 Å². The topological polar surface area (TPSA) is 79.5 Å². The molecular formula is C24H21F2N5O2S. The normalized spacial score (nSPS) is 11.0. The number of hydrogen-bond donors (Lipinski definition) is 1. The third kappa shape index (κ3) is 4.84. The Kier molecular flexibility index (Phi) is 6.47. The summed E-state index contributed by atoms with van der Waals surface area (Å²) in [7, 11) is 0. The minimum absolute atomic E-state index is 0.0306. The second-order valence-corrected chi connectivity index (χ2v) is 9.09. The van der Waals surface area contributed by atoms with Crippen LogP contribution in [0.3, 0.4) is 0 Å². The predicted octanol–water partition coefficient (Wildman–Crippen LogP) is 6.54. The fourth-order valence-corrected chi connectivity index (χ4v) is 4.01. The lowest BCUT2D eigenvalue weighted by atomic mass is 10.1. The van der Waals surface area contributed by atoms with Crippen LogP contribution in [0.25, 0.3) is 10.5 Å². The molecule has 0 unspecified atom stereocenters. The van der Waals surface area contributed by atoms with E-state index in [1.165, 1.54) is 46.4 Å². The molecule has 0 saturated carbocycles. The van der Waals surface area contributed by atoms with Gasteiger partial charge in [0.2, 0.25) is 0 Å². The van der Waals surface area contributed by atoms with E-state index in [0.717, 1.165) is 16.0 Å². The summed E-state index contributed by atoms with van der Waals surface area (Å²) in [5.41, 5.74) is 6.83. The fraction of sp³-hybridized carbons (Fsp3) is 0.208. The van der Waals surface area contributed by atoms with Crippen molar-refractivity contribution in [2.75, 3.05) is 5.73 Å². The summed E-state index contributed by atoms with van der Waals surface area (Å²) in [6, 6.07) is 8.01. The van der Waals surface area contributed by atoms with Crippen molar-refractivity contribution in [3.63, 3.8) is 0 Å². The molecule has 7 nitrogen and oxygen atoms in total. The number of aryl methyl sites for hydroxylation is 1. The molecule has 2 heterocycles. The molecule has 2 aromatic heterocycles. The van der Waals surface area contributed by atoms with Gasteiger partial charge in [0.05, 0.1) is 21.3 Å². The van der Waals surface area contributed by atoms with Crippen molar-refractivity contribution in [1.82, 2.24) is 14.8 Å². The number of nitrogens with two attached hydrogens (primary N) is 1. The standard InChI is InChI=1S/C24H21F2N5O2S/c1-13(2)23-22(27)24(28-4)31(30-23)21-6-5-16(10-20(21)26)33-18-8-15(25)7-17(9-18)32-12-19-11-29-14(3)34-19/h5-11,13H,12,27H2,1-3H3. The summed E-state index contributed by atoms with van der Waals surface area (Å²) in [4.78, 5) is 8.47. The molecule has 34 heavy (non-hydrogen) atoms. The first kappa shape index (κ1) is 23.2. The highest BCUT2D eigenvalue weighted by Crippen LogP contribution is 2.35. The van der Waals surface area contributed by atoms with E-state index in [9.17, 15) is 8.78 Å². The summed E-state index contributed by atoms with van der Waals surface area (Å²) >= 11 is 1.49. The van der Waals surface area contributed by atoms with Crippen LogP contribution in [0.4, 0.5) is 20.3 Å². The number of rotatable bonds is 7. The lowest BCUT2D eigenvalue weighted by Crippen LogP contribution is -2.01. The molecule has 0 atom stereocenters. The number of anilines is 1. The maximum atomic E-state index is 15.0. The Morgan fingerprint density at radius 1 is 1.15 bits per heavy atom. The molecule has 0 aliphatic heterocycles. The van der Waals surface area contributed by atoms with Gasteiger partial charge < -0.3 is 20.1 Å². The van der Waals surface area contributed by atoms with Gasteiger partial charge in [0.1, 0.15) is 29.7 Å². The predicted molar refractivity (Wildman–Crippen MR) is 126 cm³/mol. The molecule has 0 aliphatic rings. The van der Waals surface area contributed by atoms with Crippen molar-refractivity contribution < 1.29 is 18.3 Å². The van der Waals surface area contributed by atoms with E-state index in [1.807, 2.05) is 20.8 Å². The molecule has 2 N–H and O–H groups in total. The van der Waals surface area contributed by atoms with Gasteiger partial charge in [-0.15, -0.1) is 11.3 Å². The van der Waals surface area contributed by atoms with Crippen LogP contribution in [0.2, 0.25) is 0 Å². The van der Waals surface area contributed by atoms with Crippen LogP contribution in [0.15, 0.2) is 42.6 Å². The SMILES string of the molecule is [C-]#[N+]c1c(N)c(C(C)C)nn1-c1ccc(Oc2cc(F)cc(OCc3cnc(C)s3)c2)cc1F. The second-order valence-electron chi connectivity index (χ2n) is 7.77. The number of aromatic nitrogens is 3. The van der Waals surface area contributed by atoms with Crippen LogP contribution in [0.1, 0.15) is 35.3 Å². The highest BCUT2D eigenvalue weighted by molar-refractivity contribution is 7.11. The van der Waals surface area contributed by atoms with Gasteiger partial charge in [0, 0.05) is 36.4 Å².